The second-order valence-electron chi connectivity index (χ2n) is 5.83. The molecule has 3 heteroatoms. The molecule has 1 saturated heterocycles. The van der Waals surface area contributed by atoms with Crippen LogP contribution in [0.15, 0.2) is 22.7 Å². The molecule has 20 heavy (non-hydrogen) atoms. The van der Waals surface area contributed by atoms with Gasteiger partial charge in [0.05, 0.1) is 5.69 Å². The van der Waals surface area contributed by atoms with Crippen LogP contribution in [0.1, 0.15) is 51.6 Å². The molecule has 1 fully saturated rings. The molecule has 0 saturated carbocycles. The lowest BCUT2D eigenvalue weighted by molar-refractivity contribution is 0.395. The van der Waals surface area contributed by atoms with Crippen molar-refractivity contribution in [2.45, 2.75) is 46.1 Å². The molecule has 2 nitrogen and oxygen atoms in total. The first-order chi connectivity index (χ1) is 9.65. The maximum Gasteiger partial charge on any atom is 0.0510 e. The molecule has 1 aliphatic rings. The van der Waals surface area contributed by atoms with Crippen molar-refractivity contribution in [3.8, 4) is 0 Å². The Morgan fingerprint density at radius 3 is 2.55 bits per heavy atom. The summed E-state index contributed by atoms with van der Waals surface area (Å²) in [5.41, 5.74) is 2.71. The lowest BCUT2D eigenvalue weighted by atomic mass is 9.94. The van der Waals surface area contributed by atoms with Crippen LogP contribution in [0, 0.1) is 5.92 Å². The summed E-state index contributed by atoms with van der Waals surface area (Å²) < 4.78 is 1.23. The lowest BCUT2D eigenvalue weighted by Crippen LogP contribution is -2.33. The molecule has 0 radical (unpaired) electrons. The Balaban J connectivity index is 2.06. The van der Waals surface area contributed by atoms with Gasteiger partial charge in [-0.3, -0.25) is 0 Å². The van der Waals surface area contributed by atoms with Crippen LogP contribution < -0.4 is 10.2 Å². The molecule has 1 aliphatic heterocycles. The van der Waals surface area contributed by atoms with Crippen LogP contribution in [-0.2, 0) is 0 Å². The highest BCUT2D eigenvalue weighted by Crippen LogP contribution is 2.32. The van der Waals surface area contributed by atoms with Gasteiger partial charge in [0.25, 0.3) is 0 Å². The monoisotopic (exact) mass is 338 g/mol. The molecule has 0 amide bonds. The van der Waals surface area contributed by atoms with Gasteiger partial charge < -0.3 is 10.2 Å². The number of hydrogen-bond donors (Lipinski definition) is 1. The molecular weight excluding hydrogens is 312 g/mol. The number of halogens is 1. The molecule has 0 bridgehead atoms. The molecule has 0 aromatic heterocycles. The van der Waals surface area contributed by atoms with Gasteiger partial charge in [0.15, 0.2) is 0 Å². The van der Waals surface area contributed by atoms with Crippen LogP contribution in [0.4, 0.5) is 5.69 Å². The van der Waals surface area contributed by atoms with Crippen LogP contribution in [0.25, 0.3) is 0 Å². The third-order valence-electron chi connectivity index (χ3n) is 4.51. The molecule has 1 heterocycles. The predicted molar refractivity (Wildman–Crippen MR) is 91.5 cm³/mol. The number of anilines is 1. The fourth-order valence-corrected chi connectivity index (χ4v) is 3.70. The summed E-state index contributed by atoms with van der Waals surface area (Å²) in [6.45, 7) is 10.1. The number of rotatable bonds is 5. The minimum atomic E-state index is 0.413. The van der Waals surface area contributed by atoms with E-state index in [0.29, 0.717) is 6.04 Å². The number of piperidine rings is 1. The highest BCUT2D eigenvalue weighted by atomic mass is 79.9. The van der Waals surface area contributed by atoms with E-state index >= 15 is 0 Å². The van der Waals surface area contributed by atoms with Gasteiger partial charge >= 0.3 is 0 Å². The first-order valence-corrected chi connectivity index (χ1v) is 8.72. The Morgan fingerprint density at radius 1 is 1.30 bits per heavy atom. The quantitative estimate of drug-likeness (QED) is 0.833. The predicted octanol–water partition coefficient (Wildman–Crippen LogP) is 4.75. The first-order valence-electron chi connectivity index (χ1n) is 7.93. The highest BCUT2D eigenvalue weighted by Gasteiger charge is 2.19. The van der Waals surface area contributed by atoms with E-state index in [4.69, 9.17) is 0 Å². The summed E-state index contributed by atoms with van der Waals surface area (Å²) in [6, 6.07) is 7.23. The molecule has 1 aromatic rings. The molecule has 1 aromatic carbocycles. The van der Waals surface area contributed by atoms with Gasteiger partial charge in [-0.15, -0.1) is 0 Å². The summed E-state index contributed by atoms with van der Waals surface area (Å²) in [5, 5.41) is 3.47. The van der Waals surface area contributed by atoms with E-state index in [1.54, 1.807) is 0 Å². The second kappa shape index (κ2) is 7.46. The summed E-state index contributed by atoms with van der Waals surface area (Å²) >= 11 is 3.76. The van der Waals surface area contributed by atoms with Gasteiger partial charge in [-0.2, -0.15) is 0 Å². The highest BCUT2D eigenvalue weighted by molar-refractivity contribution is 9.10. The maximum atomic E-state index is 3.76. The summed E-state index contributed by atoms with van der Waals surface area (Å²) in [5.74, 6) is 0.929. The smallest absolute Gasteiger partial charge is 0.0510 e. The number of benzene rings is 1. The fourth-order valence-electron chi connectivity index (χ4n) is 3.06. The van der Waals surface area contributed by atoms with Crippen LogP contribution in [0.5, 0.6) is 0 Å². The van der Waals surface area contributed by atoms with Gasteiger partial charge in [0, 0.05) is 23.6 Å². The van der Waals surface area contributed by atoms with E-state index in [2.05, 4.69) is 65.1 Å². The van der Waals surface area contributed by atoms with Crippen molar-refractivity contribution in [1.29, 1.82) is 0 Å². The van der Waals surface area contributed by atoms with Crippen molar-refractivity contribution in [3.05, 3.63) is 28.2 Å². The minimum absolute atomic E-state index is 0.413. The Morgan fingerprint density at radius 2 is 2.00 bits per heavy atom. The standard InChI is InChI=1S/C17H27BrN2/c1-4-14-8-10-20(11-9-14)17-7-6-15(12-16(17)18)13(3)19-5-2/h6-7,12-14,19H,4-5,8-11H2,1-3H3. The first kappa shape index (κ1) is 15.8. The van der Waals surface area contributed by atoms with Crippen molar-refractivity contribution >= 4 is 21.6 Å². The molecule has 2 rings (SSSR count). The molecule has 112 valence electrons. The van der Waals surface area contributed by atoms with Crippen molar-refractivity contribution < 1.29 is 0 Å². The Labute approximate surface area is 132 Å². The molecular formula is C17H27BrN2. The molecule has 0 spiro atoms. The van der Waals surface area contributed by atoms with Crippen molar-refractivity contribution in [1.82, 2.24) is 5.32 Å². The van der Waals surface area contributed by atoms with Crippen molar-refractivity contribution in [3.63, 3.8) is 0 Å². The molecule has 1 atom stereocenters. The molecule has 1 unspecified atom stereocenters. The Hall–Kier alpha value is -0.540. The lowest BCUT2D eigenvalue weighted by Gasteiger charge is -2.34. The second-order valence-corrected chi connectivity index (χ2v) is 6.68. The van der Waals surface area contributed by atoms with Crippen molar-refractivity contribution in [2.24, 2.45) is 5.92 Å². The van der Waals surface area contributed by atoms with Crippen LogP contribution in [-0.4, -0.2) is 19.6 Å². The van der Waals surface area contributed by atoms with E-state index < -0.39 is 0 Å². The summed E-state index contributed by atoms with van der Waals surface area (Å²) in [4.78, 5) is 2.53. The normalized spacial score (nSPS) is 18.3. The van der Waals surface area contributed by atoms with E-state index in [1.807, 2.05) is 0 Å². The van der Waals surface area contributed by atoms with E-state index in [1.165, 1.54) is 48.1 Å². The van der Waals surface area contributed by atoms with Gasteiger partial charge in [-0.05, 0) is 65.9 Å². The molecule has 0 aliphatic carbocycles. The zero-order chi connectivity index (χ0) is 14.5. The van der Waals surface area contributed by atoms with E-state index in [-0.39, 0.29) is 0 Å². The largest absolute Gasteiger partial charge is 0.371 e. The topological polar surface area (TPSA) is 15.3 Å². The molecule has 1 N–H and O–H groups in total. The van der Waals surface area contributed by atoms with E-state index in [0.717, 1.165) is 12.5 Å². The van der Waals surface area contributed by atoms with Gasteiger partial charge in [-0.1, -0.05) is 26.3 Å². The van der Waals surface area contributed by atoms with E-state index in [9.17, 15) is 0 Å². The van der Waals surface area contributed by atoms with Gasteiger partial charge in [0.2, 0.25) is 0 Å². The zero-order valence-corrected chi connectivity index (χ0v) is 14.5. The SMILES string of the molecule is CCNC(C)c1ccc(N2CCC(CC)CC2)c(Br)c1. The number of nitrogens with one attached hydrogen (secondary N) is 1. The van der Waals surface area contributed by atoms with Crippen LogP contribution >= 0.6 is 15.9 Å². The third-order valence-corrected chi connectivity index (χ3v) is 5.15. The van der Waals surface area contributed by atoms with Crippen LogP contribution in [0.2, 0.25) is 0 Å². The number of hydrogen-bond acceptors (Lipinski definition) is 2. The third kappa shape index (κ3) is 3.76. The minimum Gasteiger partial charge on any atom is -0.371 e. The van der Waals surface area contributed by atoms with Gasteiger partial charge in [0.1, 0.15) is 0 Å². The average molecular weight is 339 g/mol. The van der Waals surface area contributed by atoms with Crippen LogP contribution in [0.3, 0.4) is 0 Å². The fraction of sp³-hybridized carbons (Fsp3) is 0.647. The van der Waals surface area contributed by atoms with Crippen molar-refractivity contribution in [2.75, 3.05) is 24.5 Å². The summed E-state index contributed by atoms with van der Waals surface area (Å²) in [7, 11) is 0. The van der Waals surface area contributed by atoms with Gasteiger partial charge in [-0.25, -0.2) is 0 Å². The Bertz CT molecular complexity index is 425. The average Bonchev–Trinajstić information content (AvgIpc) is 2.47. The zero-order valence-electron chi connectivity index (χ0n) is 13.0. The maximum absolute atomic E-state index is 3.76. The Kier molecular flexibility index (Phi) is 5.91. The number of nitrogens with zero attached hydrogens (tertiary/aromatic N) is 1. The summed E-state index contributed by atoms with van der Waals surface area (Å²) in [6.07, 6.45) is 3.99.